The molecule has 0 heterocycles. The zero-order valence-corrected chi connectivity index (χ0v) is 7.48. The van der Waals surface area contributed by atoms with Crippen LogP contribution in [0.25, 0.3) is 0 Å². The molecule has 4 heteroatoms. The van der Waals surface area contributed by atoms with E-state index in [9.17, 15) is 9.18 Å². The number of carboxylic acid groups (broad SMARTS) is 1. The lowest BCUT2D eigenvalue weighted by Crippen LogP contribution is -2.10. The number of carbonyl (C=O) groups is 1. The number of aliphatic hydroxyl groups excluding tert-OH is 1. The highest BCUT2D eigenvalue weighted by Gasteiger charge is 2.14. The van der Waals surface area contributed by atoms with E-state index >= 15 is 0 Å². The molecular weight excluding hydrogens is 187 g/mol. The summed E-state index contributed by atoms with van der Waals surface area (Å²) in [5, 5.41) is 17.5. The molecule has 1 unspecified atom stereocenters. The van der Waals surface area contributed by atoms with Crippen LogP contribution in [0, 0.1) is 5.82 Å². The third-order valence-electron chi connectivity index (χ3n) is 1.96. The van der Waals surface area contributed by atoms with Crippen LogP contribution in [-0.2, 0) is 4.79 Å². The van der Waals surface area contributed by atoms with E-state index in [1.165, 1.54) is 18.2 Å². The van der Waals surface area contributed by atoms with Crippen molar-refractivity contribution in [3.8, 4) is 0 Å². The molecule has 0 saturated heterocycles. The minimum Gasteiger partial charge on any atom is -0.481 e. The van der Waals surface area contributed by atoms with Crippen LogP contribution in [0.5, 0.6) is 0 Å². The summed E-state index contributed by atoms with van der Waals surface area (Å²) in [7, 11) is 0. The third kappa shape index (κ3) is 2.81. The van der Waals surface area contributed by atoms with Gasteiger partial charge in [-0.1, -0.05) is 12.1 Å². The molecule has 0 aliphatic rings. The van der Waals surface area contributed by atoms with Gasteiger partial charge in [0.15, 0.2) is 0 Å². The van der Waals surface area contributed by atoms with E-state index in [1.54, 1.807) is 6.07 Å². The smallest absolute Gasteiger partial charge is 0.304 e. The Hall–Kier alpha value is -1.42. The highest BCUT2D eigenvalue weighted by Crippen LogP contribution is 2.19. The Morgan fingerprint density at radius 1 is 1.50 bits per heavy atom. The molecule has 1 aromatic rings. The molecule has 3 nitrogen and oxygen atoms in total. The van der Waals surface area contributed by atoms with Gasteiger partial charge in [-0.25, -0.2) is 4.39 Å². The molecule has 1 rings (SSSR count). The van der Waals surface area contributed by atoms with E-state index in [4.69, 9.17) is 10.2 Å². The fourth-order valence-corrected chi connectivity index (χ4v) is 1.26. The van der Waals surface area contributed by atoms with Crippen LogP contribution in [0.3, 0.4) is 0 Å². The largest absolute Gasteiger partial charge is 0.481 e. The molecule has 0 saturated carbocycles. The number of aliphatic hydroxyl groups is 1. The zero-order chi connectivity index (χ0) is 10.6. The molecule has 0 aliphatic heterocycles. The summed E-state index contributed by atoms with van der Waals surface area (Å²) in [5.74, 6) is -1.97. The van der Waals surface area contributed by atoms with Gasteiger partial charge in [0.1, 0.15) is 5.82 Å². The van der Waals surface area contributed by atoms with Gasteiger partial charge in [0.05, 0.1) is 13.0 Å². The zero-order valence-electron chi connectivity index (χ0n) is 7.48. The van der Waals surface area contributed by atoms with E-state index in [0.29, 0.717) is 5.56 Å². The van der Waals surface area contributed by atoms with Crippen LogP contribution in [0.15, 0.2) is 24.3 Å². The second kappa shape index (κ2) is 4.72. The number of benzene rings is 1. The Labute approximate surface area is 80.8 Å². The van der Waals surface area contributed by atoms with Gasteiger partial charge in [0.2, 0.25) is 0 Å². The van der Waals surface area contributed by atoms with E-state index in [1.807, 2.05) is 0 Å². The molecule has 1 aromatic carbocycles. The fraction of sp³-hybridized carbons (Fsp3) is 0.300. The van der Waals surface area contributed by atoms with Crippen molar-refractivity contribution in [3.63, 3.8) is 0 Å². The number of rotatable bonds is 4. The average Bonchev–Trinajstić information content (AvgIpc) is 2.14. The second-order valence-electron chi connectivity index (χ2n) is 3.03. The molecule has 2 N–H and O–H groups in total. The number of hydrogen-bond acceptors (Lipinski definition) is 2. The van der Waals surface area contributed by atoms with Crippen molar-refractivity contribution in [1.29, 1.82) is 0 Å². The number of hydrogen-bond donors (Lipinski definition) is 2. The first-order chi connectivity index (χ1) is 6.63. The maximum atomic E-state index is 12.8. The Morgan fingerprint density at radius 2 is 2.21 bits per heavy atom. The van der Waals surface area contributed by atoms with Gasteiger partial charge in [-0.2, -0.15) is 0 Å². The fourth-order valence-electron chi connectivity index (χ4n) is 1.26. The summed E-state index contributed by atoms with van der Waals surface area (Å²) in [6, 6.07) is 5.62. The maximum Gasteiger partial charge on any atom is 0.304 e. The van der Waals surface area contributed by atoms with Crippen molar-refractivity contribution in [1.82, 2.24) is 0 Å². The first-order valence-corrected chi connectivity index (χ1v) is 4.21. The topological polar surface area (TPSA) is 57.5 Å². The van der Waals surface area contributed by atoms with Crippen molar-refractivity contribution >= 4 is 5.97 Å². The van der Waals surface area contributed by atoms with Gasteiger partial charge in [0, 0.05) is 5.92 Å². The van der Waals surface area contributed by atoms with Crippen LogP contribution in [0.1, 0.15) is 17.9 Å². The maximum absolute atomic E-state index is 12.8. The Balaban J connectivity index is 2.83. The quantitative estimate of drug-likeness (QED) is 0.768. The lowest BCUT2D eigenvalue weighted by Gasteiger charge is -2.11. The van der Waals surface area contributed by atoms with Crippen LogP contribution < -0.4 is 0 Å². The van der Waals surface area contributed by atoms with Gasteiger partial charge in [-0.05, 0) is 17.7 Å². The molecule has 76 valence electrons. The van der Waals surface area contributed by atoms with Crippen LogP contribution in [0.4, 0.5) is 4.39 Å². The van der Waals surface area contributed by atoms with Crippen molar-refractivity contribution in [2.45, 2.75) is 12.3 Å². The molecule has 14 heavy (non-hydrogen) atoms. The molecule has 1 atom stereocenters. The molecule has 0 amide bonds. The normalized spacial score (nSPS) is 12.4. The Kier molecular flexibility index (Phi) is 3.59. The highest BCUT2D eigenvalue weighted by molar-refractivity contribution is 5.68. The molecule has 0 spiro atoms. The standard InChI is InChI=1S/C10H11FO3/c11-9-3-1-2-7(4-9)8(6-12)5-10(13)14/h1-4,8,12H,5-6H2,(H,13,14). The Morgan fingerprint density at radius 3 is 2.71 bits per heavy atom. The lowest BCUT2D eigenvalue weighted by atomic mass is 9.97. The summed E-state index contributed by atoms with van der Waals surface area (Å²) in [6.07, 6.45) is -0.194. The molecule has 0 radical (unpaired) electrons. The molecular formula is C10H11FO3. The predicted octanol–water partition coefficient (Wildman–Crippen LogP) is 1.38. The van der Waals surface area contributed by atoms with Crippen molar-refractivity contribution < 1.29 is 19.4 Å². The van der Waals surface area contributed by atoms with Crippen molar-refractivity contribution in [2.75, 3.05) is 6.61 Å². The second-order valence-corrected chi connectivity index (χ2v) is 3.03. The highest BCUT2D eigenvalue weighted by atomic mass is 19.1. The SMILES string of the molecule is O=C(O)CC(CO)c1cccc(F)c1. The lowest BCUT2D eigenvalue weighted by molar-refractivity contribution is -0.137. The molecule has 0 aromatic heterocycles. The minimum absolute atomic E-state index is 0.194. The van der Waals surface area contributed by atoms with Gasteiger partial charge >= 0.3 is 5.97 Å². The van der Waals surface area contributed by atoms with Crippen molar-refractivity contribution in [3.05, 3.63) is 35.6 Å². The van der Waals surface area contributed by atoms with Crippen molar-refractivity contribution in [2.24, 2.45) is 0 Å². The summed E-state index contributed by atoms with van der Waals surface area (Å²) in [6.45, 7) is -0.296. The van der Waals surface area contributed by atoms with Crippen LogP contribution >= 0.6 is 0 Å². The predicted molar refractivity (Wildman–Crippen MR) is 48.5 cm³/mol. The minimum atomic E-state index is -1.01. The third-order valence-corrected chi connectivity index (χ3v) is 1.96. The van der Waals surface area contributed by atoms with E-state index in [0.717, 1.165) is 0 Å². The van der Waals surface area contributed by atoms with Gasteiger partial charge in [-0.15, -0.1) is 0 Å². The van der Waals surface area contributed by atoms with Gasteiger partial charge in [-0.3, -0.25) is 4.79 Å². The van der Waals surface area contributed by atoms with Gasteiger partial charge < -0.3 is 10.2 Å². The monoisotopic (exact) mass is 198 g/mol. The summed E-state index contributed by atoms with van der Waals surface area (Å²) in [4.78, 5) is 10.4. The molecule has 0 bridgehead atoms. The molecule has 0 fully saturated rings. The molecule has 0 aliphatic carbocycles. The summed E-state index contributed by atoms with van der Waals surface area (Å²) < 4.78 is 12.8. The first-order valence-electron chi connectivity index (χ1n) is 4.21. The summed E-state index contributed by atoms with van der Waals surface area (Å²) in [5.41, 5.74) is 0.509. The van der Waals surface area contributed by atoms with Crippen LogP contribution in [0.2, 0.25) is 0 Å². The van der Waals surface area contributed by atoms with Crippen LogP contribution in [-0.4, -0.2) is 22.8 Å². The summed E-state index contributed by atoms with van der Waals surface area (Å²) >= 11 is 0. The Bertz CT molecular complexity index is 325. The first kappa shape index (κ1) is 10.7. The number of halogens is 1. The number of aliphatic carboxylic acids is 1. The van der Waals surface area contributed by atoms with E-state index in [2.05, 4.69) is 0 Å². The number of carboxylic acids is 1. The van der Waals surface area contributed by atoms with E-state index in [-0.39, 0.29) is 13.0 Å². The average molecular weight is 198 g/mol. The van der Waals surface area contributed by atoms with E-state index < -0.39 is 17.7 Å². The van der Waals surface area contributed by atoms with Gasteiger partial charge in [0.25, 0.3) is 0 Å².